The average Bonchev–Trinajstić information content (AvgIpc) is 3.20. The molecule has 9 heteroatoms. The molecule has 0 saturated heterocycles. The smallest absolute Gasteiger partial charge is 0.265 e. The molecule has 3 aromatic carbocycles. The second-order valence-electron chi connectivity index (χ2n) is 7.12. The normalized spacial score (nSPS) is 13.6. The van der Waals surface area contributed by atoms with Crippen molar-refractivity contribution in [1.29, 1.82) is 0 Å². The molecule has 1 aromatic heterocycles. The molecule has 0 atom stereocenters. The number of aromatic nitrogens is 2. The molecule has 0 amide bonds. The van der Waals surface area contributed by atoms with Crippen LogP contribution < -0.4 is 4.31 Å². The third kappa shape index (κ3) is 3.33. The first-order valence-electron chi connectivity index (χ1n) is 9.35. The minimum Gasteiger partial charge on any atom is -0.266 e. The molecule has 0 radical (unpaired) electrons. The van der Waals surface area contributed by atoms with Crippen LogP contribution in [0.1, 0.15) is 5.56 Å². The average molecular weight is 474 g/mol. The standard InChI is InChI=1S/C22H14Cl2FN3O2S/c23-15-2-3-17(24)21(10-15)31(29,30)28-8-7-16-20(28)6-4-18(25)22(16)13-1-5-19-14(9-13)11-26-12-27-19/h1-6,9-12H,7-8H2. The number of sulfonamides is 1. The number of fused-ring (bicyclic) bond motifs is 2. The van der Waals surface area contributed by atoms with E-state index in [1.165, 1.54) is 41.0 Å². The highest BCUT2D eigenvalue weighted by molar-refractivity contribution is 7.93. The van der Waals surface area contributed by atoms with Gasteiger partial charge in [0.2, 0.25) is 0 Å². The van der Waals surface area contributed by atoms with Crippen LogP contribution in [0, 0.1) is 5.82 Å². The first-order valence-corrected chi connectivity index (χ1v) is 11.5. The molecule has 0 saturated carbocycles. The molecule has 1 aliphatic rings. The van der Waals surface area contributed by atoms with Gasteiger partial charge in [-0.05, 0) is 60.0 Å². The maximum atomic E-state index is 15.0. The Morgan fingerprint density at radius 3 is 2.71 bits per heavy atom. The van der Waals surface area contributed by atoms with Crippen LogP contribution in [-0.2, 0) is 16.4 Å². The van der Waals surface area contributed by atoms with Crippen molar-refractivity contribution in [2.75, 3.05) is 10.8 Å². The molecule has 4 aromatic rings. The molecule has 1 aliphatic heterocycles. The van der Waals surface area contributed by atoms with Gasteiger partial charge >= 0.3 is 0 Å². The van der Waals surface area contributed by atoms with E-state index in [4.69, 9.17) is 23.2 Å². The quantitative estimate of drug-likeness (QED) is 0.394. The van der Waals surface area contributed by atoms with E-state index in [9.17, 15) is 12.8 Å². The third-order valence-electron chi connectivity index (χ3n) is 5.33. The van der Waals surface area contributed by atoms with Gasteiger partial charge in [0.15, 0.2) is 0 Å². The van der Waals surface area contributed by atoms with Crippen molar-refractivity contribution < 1.29 is 12.8 Å². The largest absolute Gasteiger partial charge is 0.266 e. The van der Waals surface area contributed by atoms with E-state index < -0.39 is 15.8 Å². The van der Waals surface area contributed by atoms with Crippen molar-refractivity contribution in [3.05, 3.63) is 82.5 Å². The molecule has 0 bridgehead atoms. The van der Waals surface area contributed by atoms with Crippen molar-refractivity contribution in [2.45, 2.75) is 11.3 Å². The summed E-state index contributed by atoms with van der Waals surface area (Å²) in [5.41, 5.74) is 2.80. The zero-order chi connectivity index (χ0) is 21.8. The van der Waals surface area contributed by atoms with Crippen LogP contribution in [0.2, 0.25) is 10.0 Å². The maximum Gasteiger partial charge on any atom is 0.265 e. The Morgan fingerprint density at radius 1 is 1.03 bits per heavy atom. The predicted octanol–water partition coefficient (Wildman–Crippen LogP) is 5.49. The fourth-order valence-electron chi connectivity index (χ4n) is 3.92. The van der Waals surface area contributed by atoms with Crippen molar-refractivity contribution >= 4 is 49.8 Å². The Balaban J connectivity index is 1.66. The molecular formula is C22H14Cl2FN3O2S. The Bertz CT molecular complexity index is 1460. The van der Waals surface area contributed by atoms with Crippen molar-refractivity contribution in [3.8, 4) is 11.1 Å². The Kier molecular flexibility index (Phi) is 4.84. The summed E-state index contributed by atoms with van der Waals surface area (Å²) in [5, 5.41) is 1.11. The van der Waals surface area contributed by atoms with Gasteiger partial charge in [0.1, 0.15) is 17.0 Å². The lowest BCUT2D eigenvalue weighted by Crippen LogP contribution is -2.29. The van der Waals surface area contributed by atoms with Crippen molar-refractivity contribution in [1.82, 2.24) is 9.97 Å². The molecule has 0 unspecified atom stereocenters. The highest BCUT2D eigenvalue weighted by Gasteiger charge is 2.34. The van der Waals surface area contributed by atoms with Gasteiger partial charge < -0.3 is 0 Å². The molecule has 5 rings (SSSR count). The van der Waals surface area contributed by atoms with Gasteiger partial charge in [0.05, 0.1) is 16.2 Å². The molecule has 2 heterocycles. The lowest BCUT2D eigenvalue weighted by molar-refractivity contribution is 0.592. The molecule has 0 spiro atoms. The monoisotopic (exact) mass is 473 g/mol. The Labute approximate surface area is 188 Å². The summed E-state index contributed by atoms with van der Waals surface area (Å²) in [6.45, 7) is 0.174. The van der Waals surface area contributed by atoms with Gasteiger partial charge in [-0.3, -0.25) is 4.31 Å². The van der Waals surface area contributed by atoms with E-state index in [1.54, 1.807) is 24.4 Å². The summed E-state index contributed by atoms with van der Waals surface area (Å²) in [6.07, 6.45) is 3.47. The number of halogens is 3. The van der Waals surface area contributed by atoms with Crippen LogP contribution in [0.4, 0.5) is 10.1 Å². The van der Waals surface area contributed by atoms with Crippen molar-refractivity contribution in [3.63, 3.8) is 0 Å². The van der Waals surface area contributed by atoms with Crippen LogP contribution in [0.5, 0.6) is 0 Å². The van der Waals surface area contributed by atoms with Gasteiger partial charge in [-0.2, -0.15) is 0 Å². The Morgan fingerprint density at radius 2 is 1.87 bits per heavy atom. The summed E-state index contributed by atoms with van der Waals surface area (Å²) in [6, 6.07) is 12.4. The summed E-state index contributed by atoms with van der Waals surface area (Å²) in [4.78, 5) is 8.13. The minimum absolute atomic E-state index is 0.0784. The van der Waals surface area contributed by atoms with E-state index in [1.807, 2.05) is 0 Å². The topological polar surface area (TPSA) is 63.2 Å². The number of hydrogen-bond acceptors (Lipinski definition) is 4. The second-order valence-corrected chi connectivity index (χ2v) is 9.79. The fraction of sp³-hybridized carbons (Fsp3) is 0.0909. The maximum absolute atomic E-state index is 15.0. The van der Waals surface area contributed by atoms with E-state index in [2.05, 4.69) is 9.97 Å². The molecule has 156 valence electrons. The first-order chi connectivity index (χ1) is 14.9. The van der Waals surface area contributed by atoms with E-state index in [0.29, 0.717) is 28.8 Å². The fourth-order valence-corrected chi connectivity index (χ4v) is 6.16. The lowest BCUT2D eigenvalue weighted by atomic mass is 9.96. The molecule has 0 fully saturated rings. The number of rotatable bonds is 3. The molecule has 5 nitrogen and oxygen atoms in total. The molecule has 0 N–H and O–H groups in total. The van der Waals surface area contributed by atoms with E-state index >= 15 is 0 Å². The summed E-state index contributed by atoms with van der Waals surface area (Å²) >= 11 is 12.2. The van der Waals surface area contributed by atoms with E-state index in [0.717, 1.165) is 10.9 Å². The van der Waals surface area contributed by atoms with Crippen LogP contribution >= 0.6 is 23.2 Å². The summed E-state index contributed by atoms with van der Waals surface area (Å²) < 4.78 is 42.9. The third-order valence-corrected chi connectivity index (χ3v) is 7.86. The van der Waals surface area contributed by atoms with Gasteiger partial charge in [0, 0.05) is 28.7 Å². The highest BCUT2D eigenvalue weighted by Crippen LogP contribution is 2.42. The molecule has 31 heavy (non-hydrogen) atoms. The number of benzene rings is 3. The van der Waals surface area contributed by atoms with Crippen LogP contribution in [0.3, 0.4) is 0 Å². The van der Waals surface area contributed by atoms with Gasteiger partial charge in [-0.15, -0.1) is 0 Å². The lowest BCUT2D eigenvalue weighted by Gasteiger charge is -2.21. The number of nitrogens with zero attached hydrogens (tertiary/aromatic N) is 3. The first kappa shape index (κ1) is 20.2. The predicted molar refractivity (Wildman–Crippen MR) is 120 cm³/mol. The van der Waals surface area contributed by atoms with Gasteiger partial charge in [0.25, 0.3) is 10.0 Å². The SMILES string of the molecule is O=S(=O)(c1cc(Cl)ccc1Cl)N1CCc2c1ccc(F)c2-c1ccc2ncncc2c1. The summed E-state index contributed by atoms with van der Waals surface area (Å²) in [7, 11) is -3.98. The van der Waals surface area contributed by atoms with Crippen LogP contribution in [0.15, 0.2) is 66.0 Å². The zero-order valence-corrected chi connectivity index (χ0v) is 18.2. The second kappa shape index (κ2) is 7.44. The zero-order valence-electron chi connectivity index (χ0n) is 15.9. The van der Waals surface area contributed by atoms with Crippen LogP contribution in [-0.4, -0.2) is 24.9 Å². The summed E-state index contributed by atoms with van der Waals surface area (Å²) in [5.74, 6) is -0.421. The van der Waals surface area contributed by atoms with Gasteiger partial charge in [-0.25, -0.2) is 22.8 Å². The van der Waals surface area contributed by atoms with Gasteiger partial charge in [-0.1, -0.05) is 29.3 Å². The van der Waals surface area contributed by atoms with Crippen LogP contribution in [0.25, 0.3) is 22.0 Å². The van der Waals surface area contributed by atoms with Crippen molar-refractivity contribution in [2.24, 2.45) is 0 Å². The number of anilines is 1. The molecule has 0 aliphatic carbocycles. The highest BCUT2D eigenvalue weighted by atomic mass is 35.5. The minimum atomic E-state index is -3.98. The number of hydrogen-bond donors (Lipinski definition) is 0. The Hall–Kier alpha value is -2.74. The molecular weight excluding hydrogens is 460 g/mol. The van der Waals surface area contributed by atoms with E-state index in [-0.39, 0.29) is 21.5 Å².